The highest BCUT2D eigenvalue weighted by atomic mass is 16.2. The van der Waals surface area contributed by atoms with Crippen LogP contribution in [0.1, 0.15) is 17.4 Å². The Bertz CT molecular complexity index is 959. The maximum absolute atomic E-state index is 12.8. The molecule has 2 aromatic heterocycles. The molecule has 1 aliphatic heterocycles. The number of hydrogen-bond donors (Lipinski definition) is 0. The van der Waals surface area contributed by atoms with Crippen molar-refractivity contribution in [3.05, 3.63) is 38.7 Å². The van der Waals surface area contributed by atoms with Gasteiger partial charge in [0.1, 0.15) is 11.3 Å². The second-order valence-electron chi connectivity index (χ2n) is 6.99. The van der Waals surface area contributed by atoms with Crippen LogP contribution in [-0.2, 0) is 14.1 Å². The van der Waals surface area contributed by atoms with Gasteiger partial charge in [-0.25, -0.2) is 9.78 Å². The van der Waals surface area contributed by atoms with Gasteiger partial charge >= 0.3 is 5.69 Å². The summed E-state index contributed by atoms with van der Waals surface area (Å²) in [5.41, 5.74) is -0.387. The Morgan fingerprint density at radius 1 is 1.16 bits per heavy atom. The van der Waals surface area contributed by atoms with Gasteiger partial charge in [0.2, 0.25) is 0 Å². The maximum atomic E-state index is 12.8. The fourth-order valence-corrected chi connectivity index (χ4v) is 3.52. The number of carbonyl (C=O) groups excluding carboxylic acids is 1. The van der Waals surface area contributed by atoms with Gasteiger partial charge in [0.15, 0.2) is 0 Å². The van der Waals surface area contributed by atoms with Gasteiger partial charge in [-0.3, -0.25) is 18.7 Å². The molecule has 2 atom stereocenters. The highest BCUT2D eigenvalue weighted by Crippen LogP contribution is 2.21. The number of aryl methyl sites for hydroxylation is 1. The van der Waals surface area contributed by atoms with Crippen molar-refractivity contribution in [1.82, 2.24) is 23.9 Å². The molecular formula is C17H23N5O3. The zero-order valence-electron chi connectivity index (χ0n) is 15.2. The average Bonchev–Trinajstić information content (AvgIpc) is 2.99. The number of rotatable bonds is 2. The summed E-state index contributed by atoms with van der Waals surface area (Å²) in [5, 5.41) is 0.321. The van der Waals surface area contributed by atoms with E-state index in [0.29, 0.717) is 30.4 Å². The van der Waals surface area contributed by atoms with Crippen molar-refractivity contribution in [3.63, 3.8) is 0 Å². The molecule has 1 fully saturated rings. The molecule has 2 aromatic rings. The summed E-state index contributed by atoms with van der Waals surface area (Å²) < 4.78 is 2.33. The third kappa shape index (κ3) is 2.76. The molecule has 0 radical (unpaired) electrons. The fraction of sp³-hybridized carbons (Fsp3) is 0.529. The number of carbonyl (C=O) groups is 1. The van der Waals surface area contributed by atoms with Crippen molar-refractivity contribution in [3.8, 4) is 0 Å². The fourth-order valence-electron chi connectivity index (χ4n) is 3.52. The molecule has 0 N–H and O–H groups in total. The van der Waals surface area contributed by atoms with E-state index >= 15 is 0 Å². The second kappa shape index (κ2) is 6.11. The molecule has 25 heavy (non-hydrogen) atoms. The van der Waals surface area contributed by atoms with Crippen molar-refractivity contribution in [1.29, 1.82) is 0 Å². The quantitative estimate of drug-likeness (QED) is 0.744. The summed E-state index contributed by atoms with van der Waals surface area (Å²) in [4.78, 5) is 45.3. The van der Waals surface area contributed by atoms with E-state index in [1.807, 2.05) is 14.1 Å². The highest BCUT2D eigenvalue weighted by molar-refractivity contribution is 5.94. The lowest BCUT2D eigenvalue weighted by Gasteiger charge is -2.22. The van der Waals surface area contributed by atoms with Crippen molar-refractivity contribution < 1.29 is 4.79 Å². The van der Waals surface area contributed by atoms with Gasteiger partial charge in [0.25, 0.3) is 11.5 Å². The van der Waals surface area contributed by atoms with E-state index in [0.717, 1.165) is 4.57 Å². The van der Waals surface area contributed by atoms with Crippen molar-refractivity contribution in [2.24, 2.45) is 20.0 Å². The van der Waals surface area contributed by atoms with Crippen LogP contribution in [0.25, 0.3) is 11.0 Å². The Labute approximate surface area is 145 Å². The van der Waals surface area contributed by atoms with Gasteiger partial charge in [-0.05, 0) is 32.1 Å². The Morgan fingerprint density at radius 3 is 2.44 bits per heavy atom. The SMILES string of the molecule is C[C@H]1CN(C(=O)c2ccc3c(=O)n(C)c(=O)n(C)c3n2)C[C@@H]1N(C)C. The average molecular weight is 345 g/mol. The molecule has 0 unspecified atom stereocenters. The largest absolute Gasteiger partial charge is 0.335 e. The summed E-state index contributed by atoms with van der Waals surface area (Å²) >= 11 is 0. The van der Waals surface area contributed by atoms with Crippen LogP contribution in [0.2, 0.25) is 0 Å². The Kier molecular flexibility index (Phi) is 4.24. The van der Waals surface area contributed by atoms with Crippen LogP contribution in [0.4, 0.5) is 0 Å². The molecule has 1 amide bonds. The summed E-state index contributed by atoms with van der Waals surface area (Å²) in [6.07, 6.45) is 0. The van der Waals surface area contributed by atoms with E-state index < -0.39 is 11.2 Å². The first-order valence-electron chi connectivity index (χ1n) is 8.24. The van der Waals surface area contributed by atoms with E-state index in [-0.39, 0.29) is 17.2 Å². The van der Waals surface area contributed by atoms with Gasteiger partial charge in [-0.2, -0.15) is 0 Å². The molecule has 1 saturated heterocycles. The minimum atomic E-state index is -0.461. The molecular weight excluding hydrogens is 322 g/mol. The number of pyridine rings is 1. The molecule has 0 aromatic carbocycles. The molecule has 3 rings (SSSR count). The number of likely N-dealkylation sites (tertiary alicyclic amines) is 1. The lowest BCUT2D eigenvalue weighted by Crippen LogP contribution is -2.38. The van der Waals surface area contributed by atoms with Crippen molar-refractivity contribution >= 4 is 16.9 Å². The molecule has 0 saturated carbocycles. The monoisotopic (exact) mass is 345 g/mol. The van der Waals surface area contributed by atoms with Crippen LogP contribution < -0.4 is 11.2 Å². The van der Waals surface area contributed by atoms with E-state index in [1.54, 1.807) is 24.1 Å². The van der Waals surface area contributed by atoms with Crippen LogP contribution in [0.5, 0.6) is 0 Å². The normalized spacial score (nSPS) is 20.6. The van der Waals surface area contributed by atoms with Gasteiger partial charge in [0, 0.05) is 33.2 Å². The van der Waals surface area contributed by atoms with Crippen LogP contribution in [0.3, 0.4) is 0 Å². The summed E-state index contributed by atoms with van der Waals surface area (Å²) in [5.74, 6) is 0.197. The van der Waals surface area contributed by atoms with Gasteiger partial charge < -0.3 is 9.80 Å². The van der Waals surface area contributed by atoms with Gasteiger partial charge in [-0.1, -0.05) is 6.92 Å². The third-order valence-corrected chi connectivity index (χ3v) is 5.04. The topological polar surface area (TPSA) is 80.4 Å². The van der Waals surface area contributed by atoms with Crippen LogP contribution >= 0.6 is 0 Å². The Balaban J connectivity index is 2.02. The lowest BCUT2D eigenvalue weighted by molar-refractivity contribution is 0.0776. The number of hydrogen-bond acceptors (Lipinski definition) is 5. The van der Waals surface area contributed by atoms with E-state index in [4.69, 9.17) is 0 Å². The first-order valence-corrected chi connectivity index (χ1v) is 8.24. The predicted octanol–water partition coefficient (Wildman–Crippen LogP) is -0.346. The number of likely N-dealkylation sites (N-methyl/N-ethyl adjacent to an activating group) is 1. The standard InChI is InChI=1S/C17H23N5O3/c1-10-8-22(9-13(10)19(2)3)16(24)12-7-6-11-14(18-12)20(4)17(25)21(5)15(11)23/h6-7,10,13H,8-9H2,1-5H3/t10-,13-/m0/s1. The van der Waals surface area contributed by atoms with Gasteiger partial charge in [-0.15, -0.1) is 0 Å². The Hall–Kier alpha value is -2.48. The molecule has 0 aliphatic carbocycles. The van der Waals surface area contributed by atoms with Crippen LogP contribution in [0, 0.1) is 5.92 Å². The van der Waals surface area contributed by atoms with Crippen LogP contribution in [-0.4, -0.2) is 63.1 Å². The molecule has 134 valence electrons. The minimum Gasteiger partial charge on any atom is -0.335 e. The first kappa shape index (κ1) is 17.3. The Morgan fingerprint density at radius 2 is 1.84 bits per heavy atom. The first-order chi connectivity index (χ1) is 11.7. The van der Waals surface area contributed by atoms with E-state index in [2.05, 4.69) is 16.8 Å². The molecule has 0 bridgehead atoms. The zero-order valence-corrected chi connectivity index (χ0v) is 15.2. The predicted molar refractivity (Wildman–Crippen MR) is 94.8 cm³/mol. The molecule has 0 spiro atoms. The maximum Gasteiger partial charge on any atom is 0.332 e. The number of fused-ring (bicyclic) bond motifs is 1. The molecule has 8 heteroatoms. The lowest BCUT2D eigenvalue weighted by atomic mass is 10.1. The number of aromatic nitrogens is 3. The summed E-state index contributed by atoms with van der Waals surface area (Å²) in [6, 6.07) is 3.44. The third-order valence-electron chi connectivity index (χ3n) is 5.04. The molecule has 3 heterocycles. The summed E-state index contributed by atoms with van der Waals surface area (Å²) in [6.45, 7) is 3.43. The van der Waals surface area contributed by atoms with Crippen molar-refractivity contribution in [2.45, 2.75) is 13.0 Å². The van der Waals surface area contributed by atoms with E-state index in [1.165, 1.54) is 11.6 Å². The van der Waals surface area contributed by atoms with Crippen LogP contribution in [0.15, 0.2) is 21.7 Å². The van der Waals surface area contributed by atoms with Crippen molar-refractivity contribution in [2.75, 3.05) is 27.2 Å². The second-order valence-corrected chi connectivity index (χ2v) is 6.99. The molecule has 8 nitrogen and oxygen atoms in total. The minimum absolute atomic E-state index is 0.175. The number of nitrogens with zero attached hydrogens (tertiary/aromatic N) is 5. The van der Waals surface area contributed by atoms with E-state index in [9.17, 15) is 14.4 Å². The van der Waals surface area contributed by atoms with Gasteiger partial charge in [0.05, 0.1) is 5.39 Å². The summed E-state index contributed by atoms with van der Waals surface area (Å²) in [7, 11) is 6.99. The zero-order chi connectivity index (χ0) is 18.5. The highest BCUT2D eigenvalue weighted by Gasteiger charge is 2.34. The smallest absolute Gasteiger partial charge is 0.332 e. The molecule has 1 aliphatic rings. The number of amides is 1.